The van der Waals surface area contributed by atoms with Gasteiger partial charge in [0.05, 0.1) is 41.4 Å². The molecule has 1 aliphatic heterocycles. The van der Waals surface area contributed by atoms with E-state index in [0.29, 0.717) is 45.8 Å². The van der Waals surface area contributed by atoms with Crippen molar-refractivity contribution in [2.45, 2.75) is 25.2 Å². The number of pyridine rings is 1. The number of halogens is 3. The highest BCUT2D eigenvalue weighted by atomic mass is 19.4. The number of nitrogens with zero attached hydrogens (tertiary/aromatic N) is 6. The van der Waals surface area contributed by atoms with Crippen molar-refractivity contribution < 1.29 is 17.9 Å². The lowest BCUT2D eigenvalue weighted by molar-refractivity contribution is -0.221. The molecule has 5 heterocycles. The number of hydrogen-bond donors (Lipinski definition) is 3. The van der Waals surface area contributed by atoms with Gasteiger partial charge in [-0.1, -0.05) is 0 Å². The maximum Gasteiger partial charge on any atom is 0.416 e. The van der Waals surface area contributed by atoms with Crippen LogP contribution < -0.4 is 15.8 Å². The summed E-state index contributed by atoms with van der Waals surface area (Å²) < 4.78 is 46.2. The third-order valence-corrected chi connectivity index (χ3v) is 6.62. The average Bonchev–Trinajstić information content (AvgIpc) is 3.50. The molecule has 3 N–H and O–H groups in total. The Hall–Kier alpha value is -4.46. The van der Waals surface area contributed by atoms with E-state index in [4.69, 9.17) is 4.74 Å². The Morgan fingerprint density at radius 2 is 1.97 bits per heavy atom. The van der Waals surface area contributed by atoms with E-state index in [9.17, 15) is 18.0 Å². The Bertz CT molecular complexity index is 1710. The summed E-state index contributed by atoms with van der Waals surface area (Å²) in [5.74, 6) is 0.819. The van der Waals surface area contributed by atoms with Crippen LogP contribution in [0.25, 0.3) is 33.5 Å². The predicted octanol–water partition coefficient (Wildman–Crippen LogP) is 3.54. The van der Waals surface area contributed by atoms with Gasteiger partial charge in [0, 0.05) is 37.9 Å². The summed E-state index contributed by atoms with van der Waals surface area (Å²) in [7, 11) is 1.75. The van der Waals surface area contributed by atoms with Crippen LogP contribution in [0.5, 0.6) is 0 Å². The zero-order valence-corrected chi connectivity index (χ0v) is 21.0. The number of anilines is 2. The molecule has 0 spiro atoms. The fourth-order valence-electron chi connectivity index (χ4n) is 4.76. The zero-order valence-electron chi connectivity index (χ0n) is 21.0. The fourth-order valence-corrected chi connectivity index (χ4v) is 4.76. The molecular weight excluding hydrogens is 515 g/mol. The monoisotopic (exact) mass is 539 g/mol. The van der Waals surface area contributed by atoms with Crippen molar-refractivity contribution in [3.8, 4) is 11.4 Å². The number of aromatic amines is 2. The summed E-state index contributed by atoms with van der Waals surface area (Å²) in [6.45, 7) is 1.85. The van der Waals surface area contributed by atoms with Gasteiger partial charge in [-0.2, -0.15) is 18.3 Å². The van der Waals surface area contributed by atoms with E-state index >= 15 is 0 Å². The van der Waals surface area contributed by atoms with Crippen LogP contribution in [0, 0.1) is 0 Å². The number of aryl methyl sites for hydroxylation is 1. The maximum atomic E-state index is 13.4. The van der Waals surface area contributed by atoms with Crippen molar-refractivity contribution in [2.75, 3.05) is 29.9 Å². The number of benzene rings is 1. The number of imidazole rings is 1. The van der Waals surface area contributed by atoms with Gasteiger partial charge in [0.25, 0.3) is 5.56 Å². The number of alkyl halides is 3. The normalized spacial score (nSPS) is 17.2. The summed E-state index contributed by atoms with van der Waals surface area (Å²) >= 11 is 0. The highest BCUT2D eigenvalue weighted by molar-refractivity contribution is 5.96. The van der Waals surface area contributed by atoms with E-state index in [-0.39, 0.29) is 36.1 Å². The van der Waals surface area contributed by atoms with Crippen LogP contribution in [0.3, 0.4) is 0 Å². The van der Waals surface area contributed by atoms with Gasteiger partial charge in [0.15, 0.2) is 6.10 Å². The SMILES string of the molecule is C[C@H](Nc1c(-c2nc3ccc(N4CCOC(C(F)(F)F)C4)cc3[nH]2)c(=O)[nH]c2cn(C)nc12)c1ncccn1. The Labute approximate surface area is 219 Å². The van der Waals surface area contributed by atoms with E-state index in [1.54, 1.807) is 59.5 Å². The van der Waals surface area contributed by atoms with Crippen LogP contribution in [0.4, 0.5) is 24.5 Å². The number of nitrogens with one attached hydrogen (secondary N) is 3. The lowest BCUT2D eigenvalue weighted by Gasteiger charge is -2.35. The number of hydrogen-bond acceptors (Lipinski definition) is 8. The molecule has 4 aromatic heterocycles. The van der Waals surface area contributed by atoms with Gasteiger partial charge < -0.3 is 24.9 Å². The summed E-state index contributed by atoms with van der Waals surface area (Å²) in [5, 5.41) is 7.87. The molecule has 202 valence electrons. The van der Waals surface area contributed by atoms with Crippen LogP contribution >= 0.6 is 0 Å². The molecule has 0 radical (unpaired) electrons. The largest absolute Gasteiger partial charge is 0.416 e. The van der Waals surface area contributed by atoms with Gasteiger partial charge in [-0.3, -0.25) is 9.48 Å². The molecular formula is C25H24F3N9O2. The van der Waals surface area contributed by atoms with Crippen LogP contribution in [-0.4, -0.2) is 66.7 Å². The van der Waals surface area contributed by atoms with Gasteiger partial charge >= 0.3 is 6.18 Å². The molecule has 1 fully saturated rings. The second-order valence-corrected chi connectivity index (χ2v) is 9.38. The summed E-state index contributed by atoms with van der Waals surface area (Å²) in [6, 6.07) is 6.51. The molecule has 11 nitrogen and oxygen atoms in total. The number of fused-ring (bicyclic) bond motifs is 2. The minimum atomic E-state index is -4.44. The van der Waals surface area contributed by atoms with Crippen LogP contribution in [-0.2, 0) is 11.8 Å². The van der Waals surface area contributed by atoms with Gasteiger partial charge in [-0.25, -0.2) is 15.0 Å². The number of aromatic nitrogens is 7. The molecule has 0 saturated carbocycles. The van der Waals surface area contributed by atoms with Crippen LogP contribution in [0.1, 0.15) is 18.8 Å². The molecule has 14 heteroatoms. The predicted molar refractivity (Wildman–Crippen MR) is 139 cm³/mol. The first kappa shape index (κ1) is 24.9. The van der Waals surface area contributed by atoms with E-state index in [1.807, 2.05) is 6.92 Å². The first-order valence-electron chi connectivity index (χ1n) is 12.2. The molecule has 1 aromatic carbocycles. The molecule has 1 unspecified atom stereocenters. The number of rotatable bonds is 5. The fraction of sp³-hybridized carbons (Fsp3) is 0.320. The number of H-pyrrole nitrogens is 2. The second-order valence-electron chi connectivity index (χ2n) is 9.38. The van der Waals surface area contributed by atoms with Crippen molar-refractivity contribution in [1.82, 2.24) is 34.7 Å². The van der Waals surface area contributed by atoms with Crippen molar-refractivity contribution in [3.05, 3.63) is 59.0 Å². The van der Waals surface area contributed by atoms with Crippen LogP contribution in [0.15, 0.2) is 47.7 Å². The van der Waals surface area contributed by atoms with Crippen molar-refractivity contribution in [3.63, 3.8) is 0 Å². The quantitative estimate of drug-likeness (QED) is 0.309. The third-order valence-electron chi connectivity index (χ3n) is 6.62. The molecule has 1 aliphatic rings. The highest BCUT2D eigenvalue weighted by Gasteiger charge is 2.43. The third kappa shape index (κ3) is 4.67. The van der Waals surface area contributed by atoms with Gasteiger partial charge in [0.1, 0.15) is 22.7 Å². The van der Waals surface area contributed by atoms with E-state index < -0.39 is 12.3 Å². The number of morpholine rings is 1. The Morgan fingerprint density at radius 3 is 2.74 bits per heavy atom. The Balaban J connectivity index is 1.41. The van der Waals surface area contributed by atoms with Crippen molar-refractivity contribution in [1.29, 1.82) is 0 Å². The molecule has 6 rings (SSSR count). The summed E-state index contributed by atoms with van der Waals surface area (Å²) in [5.41, 5.74) is 3.10. The highest BCUT2D eigenvalue weighted by Crippen LogP contribution is 2.34. The second kappa shape index (κ2) is 9.38. The average molecular weight is 540 g/mol. The van der Waals surface area contributed by atoms with Crippen molar-refractivity contribution in [2.24, 2.45) is 7.05 Å². The molecule has 2 atom stereocenters. The Morgan fingerprint density at radius 1 is 1.18 bits per heavy atom. The van der Waals surface area contributed by atoms with E-state index in [0.717, 1.165) is 0 Å². The van der Waals surface area contributed by atoms with Gasteiger partial charge in [-0.15, -0.1) is 0 Å². The lowest BCUT2D eigenvalue weighted by Crippen LogP contribution is -2.49. The standard InChI is InChI=1S/C25H24F3N9O2/c1-13(22-29-6-3-7-30-22)31-21-19(24(38)34-17-11-36(2)35-20(17)21)23-32-15-5-4-14(10-16(15)33-23)37-8-9-39-18(12-37)25(26,27)28/h3-7,10-11,13,18,31H,8-9,12H2,1-2H3,(H,32,33)(H,34,38)/t13-,18?/m0/s1. The lowest BCUT2D eigenvalue weighted by atomic mass is 10.1. The van der Waals surface area contributed by atoms with Gasteiger partial charge in [0.2, 0.25) is 0 Å². The molecule has 39 heavy (non-hydrogen) atoms. The van der Waals surface area contributed by atoms with Crippen LogP contribution in [0.2, 0.25) is 0 Å². The first-order valence-corrected chi connectivity index (χ1v) is 12.2. The van der Waals surface area contributed by atoms with E-state index in [1.165, 1.54) is 0 Å². The van der Waals surface area contributed by atoms with Gasteiger partial charge in [-0.05, 0) is 31.2 Å². The van der Waals surface area contributed by atoms with E-state index in [2.05, 4.69) is 35.3 Å². The molecule has 0 bridgehead atoms. The molecule has 0 amide bonds. The topological polar surface area (TPSA) is 130 Å². The number of ether oxygens (including phenoxy) is 1. The Kier molecular flexibility index (Phi) is 5.98. The first-order chi connectivity index (χ1) is 18.7. The molecule has 5 aromatic rings. The zero-order chi connectivity index (χ0) is 27.3. The summed E-state index contributed by atoms with van der Waals surface area (Å²) in [6.07, 6.45) is -1.32. The smallest absolute Gasteiger partial charge is 0.373 e. The van der Waals surface area contributed by atoms with Crippen molar-refractivity contribution >= 4 is 33.4 Å². The minimum Gasteiger partial charge on any atom is -0.373 e. The molecule has 1 saturated heterocycles. The minimum absolute atomic E-state index is 0.0335. The summed E-state index contributed by atoms with van der Waals surface area (Å²) in [4.78, 5) is 34.3. The molecule has 0 aliphatic carbocycles. The maximum absolute atomic E-state index is 13.4.